The normalized spacial score (nSPS) is 20.2. The summed E-state index contributed by atoms with van der Waals surface area (Å²) in [5.41, 5.74) is 0.684. The van der Waals surface area contributed by atoms with Crippen LogP contribution in [-0.4, -0.2) is 48.9 Å². The van der Waals surface area contributed by atoms with Gasteiger partial charge in [0.05, 0.1) is 7.11 Å². The summed E-state index contributed by atoms with van der Waals surface area (Å²) in [6.45, 7) is 2.08. The van der Waals surface area contributed by atoms with Crippen LogP contribution in [0.5, 0.6) is 5.75 Å². The van der Waals surface area contributed by atoms with Gasteiger partial charge in [0.2, 0.25) is 11.8 Å². The topological polar surface area (TPSA) is 108 Å². The monoisotopic (exact) mass is 450 g/mol. The van der Waals surface area contributed by atoms with Crippen molar-refractivity contribution in [3.05, 3.63) is 54.1 Å². The molecule has 0 saturated carbocycles. The van der Waals surface area contributed by atoms with Crippen LogP contribution in [0.1, 0.15) is 31.7 Å². The third kappa shape index (κ3) is 4.13. The molecule has 0 radical (unpaired) electrons. The number of nitrogens with one attached hydrogen (secondary N) is 2. The molecule has 2 aliphatic rings. The van der Waals surface area contributed by atoms with E-state index in [4.69, 9.17) is 4.74 Å². The van der Waals surface area contributed by atoms with Gasteiger partial charge in [-0.05, 0) is 54.8 Å². The Morgan fingerprint density at radius 3 is 2.36 bits per heavy atom. The first-order valence-corrected chi connectivity index (χ1v) is 10.9. The van der Waals surface area contributed by atoms with Crippen molar-refractivity contribution in [2.45, 2.75) is 31.7 Å². The Hall–Kier alpha value is -3.88. The number of methoxy groups -OCH3 is 1. The summed E-state index contributed by atoms with van der Waals surface area (Å²) in [5, 5.41) is 5.47. The Morgan fingerprint density at radius 1 is 1.09 bits per heavy atom. The zero-order valence-electron chi connectivity index (χ0n) is 18.6. The van der Waals surface area contributed by atoms with E-state index in [1.54, 1.807) is 67.5 Å². The van der Waals surface area contributed by atoms with Gasteiger partial charge in [-0.3, -0.25) is 19.3 Å². The number of ether oxygens (including phenoxy) is 1. The molecule has 1 atom stereocenters. The fourth-order valence-electron chi connectivity index (χ4n) is 4.27. The number of carbonyl (C=O) groups is 4. The molecular formula is C24H26N4O5. The average Bonchev–Trinajstić information content (AvgIpc) is 3.36. The lowest BCUT2D eigenvalue weighted by molar-refractivity contribution is -0.134. The molecule has 172 valence electrons. The highest BCUT2D eigenvalue weighted by Crippen LogP contribution is 2.33. The molecule has 2 N–H and O–H groups in total. The molecule has 0 spiro atoms. The second-order valence-electron chi connectivity index (χ2n) is 8.05. The van der Waals surface area contributed by atoms with Gasteiger partial charge in [0, 0.05) is 24.3 Å². The molecule has 9 nitrogen and oxygen atoms in total. The van der Waals surface area contributed by atoms with Crippen LogP contribution in [0.3, 0.4) is 0 Å². The molecule has 2 heterocycles. The summed E-state index contributed by atoms with van der Waals surface area (Å²) in [6.07, 6.45) is 1.71. The number of nitrogens with zero attached hydrogens (tertiary/aromatic N) is 2. The van der Waals surface area contributed by atoms with Crippen LogP contribution in [0.4, 0.5) is 16.2 Å². The molecule has 0 unspecified atom stereocenters. The number of anilines is 2. The van der Waals surface area contributed by atoms with Crippen LogP contribution < -0.4 is 20.3 Å². The van der Waals surface area contributed by atoms with Gasteiger partial charge < -0.3 is 20.3 Å². The van der Waals surface area contributed by atoms with E-state index in [-0.39, 0.29) is 5.91 Å². The van der Waals surface area contributed by atoms with Gasteiger partial charge >= 0.3 is 6.03 Å². The van der Waals surface area contributed by atoms with Gasteiger partial charge in [0.15, 0.2) is 0 Å². The van der Waals surface area contributed by atoms with Gasteiger partial charge in [-0.1, -0.05) is 19.1 Å². The van der Waals surface area contributed by atoms with Gasteiger partial charge in [0.25, 0.3) is 5.91 Å². The largest absolute Gasteiger partial charge is 0.497 e. The second-order valence-corrected chi connectivity index (χ2v) is 8.05. The predicted molar refractivity (Wildman–Crippen MR) is 122 cm³/mol. The van der Waals surface area contributed by atoms with Crippen molar-refractivity contribution in [1.82, 2.24) is 10.2 Å². The minimum atomic E-state index is -1.23. The standard InChI is InChI=1S/C24H26N4O5/c1-3-24(16-6-12-19(33-2)13-7-16)22(31)28(23(32)26-24)15-20(29)25-17-8-10-18(11-9-17)27-14-4-5-21(27)30/h6-13H,3-5,14-15H2,1-2H3,(H,25,29)(H,26,32)/t24-/m0/s1. The first-order valence-electron chi connectivity index (χ1n) is 10.9. The Labute approximate surface area is 191 Å². The highest BCUT2D eigenvalue weighted by molar-refractivity contribution is 6.10. The summed E-state index contributed by atoms with van der Waals surface area (Å²) in [4.78, 5) is 53.0. The quantitative estimate of drug-likeness (QED) is 0.631. The molecule has 4 rings (SSSR count). The van der Waals surface area contributed by atoms with E-state index in [1.165, 1.54) is 0 Å². The molecule has 2 aromatic carbocycles. The van der Waals surface area contributed by atoms with Crippen molar-refractivity contribution in [2.75, 3.05) is 30.4 Å². The molecule has 0 aliphatic carbocycles. The maximum atomic E-state index is 13.2. The minimum Gasteiger partial charge on any atom is -0.497 e. The van der Waals surface area contributed by atoms with Crippen LogP contribution in [0, 0.1) is 0 Å². The highest BCUT2D eigenvalue weighted by Gasteiger charge is 2.51. The number of rotatable bonds is 7. The van der Waals surface area contributed by atoms with Gasteiger partial charge in [-0.25, -0.2) is 4.79 Å². The molecule has 2 aliphatic heterocycles. The summed E-state index contributed by atoms with van der Waals surface area (Å²) >= 11 is 0. The van der Waals surface area contributed by atoms with Crippen molar-refractivity contribution < 1.29 is 23.9 Å². The first-order chi connectivity index (χ1) is 15.9. The summed E-state index contributed by atoms with van der Waals surface area (Å²) in [5.74, 6) is -0.247. The molecule has 0 aromatic heterocycles. The minimum absolute atomic E-state index is 0.0848. The third-order valence-corrected chi connectivity index (χ3v) is 6.13. The lowest BCUT2D eigenvalue weighted by atomic mass is 9.87. The van der Waals surface area contributed by atoms with Gasteiger partial charge in [-0.2, -0.15) is 0 Å². The van der Waals surface area contributed by atoms with E-state index in [9.17, 15) is 19.2 Å². The van der Waals surface area contributed by atoms with E-state index >= 15 is 0 Å². The number of benzene rings is 2. The molecule has 5 amide bonds. The van der Waals surface area contributed by atoms with E-state index < -0.39 is 29.9 Å². The molecule has 0 bridgehead atoms. The smallest absolute Gasteiger partial charge is 0.325 e. The van der Waals surface area contributed by atoms with Crippen LogP contribution in [0.25, 0.3) is 0 Å². The number of carbonyl (C=O) groups excluding carboxylic acids is 4. The van der Waals surface area contributed by atoms with Gasteiger partial charge in [-0.15, -0.1) is 0 Å². The average molecular weight is 450 g/mol. The first kappa shape index (κ1) is 22.3. The fraction of sp³-hybridized carbons (Fsp3) is 0.333. The van der Waals surface area contributed by atoms with Crippen molar-refractivity contribution >= 4 is 35.1 Å². The van der Waals surface area contributed by atoms with E-state index in [1.807, 2.05) is 0 Å². The zero-order chi connectivity index (χ0) is 23.6. The second kappa shape index (κ2) is 8.93. The predicted octanol–water partition coefficient (Wildman–Crippen LogP) is 2.62. The van der Waals surface area contributed by atoms with Crippen molar-refractivity contribution in [3.63, 3.8) is 0 Å². The molecular weight excluding hydrogens is 424 g/mol. The Bertz CT molecular complexity index is 1080. The number of hydrogen-bond donors (Lipinski definition) is 2. The molecule has 33 heavy (non-hydrogen) atoms. The fourth-order valence-corrected chi connectivity index (χ4v) is 4.27. The number of hydrogen-bond acceptors (Lipinski definition) is 5. The van der Waals surface area contributed by atoms with Crippen LogP contribution in [0.2, 0.25) is 0 Å². The number of amides is 5. The molecule has 2 fully saturated rings. The summed E-state index contributed by atoms with van der Waals surface area (Å²) < 4.78 is 5.16. The lowest BCUT2D eigenvalue weighted by Crippen LogP contribution is -2.44. The maximum Gasteiger partial charge on any atom is 0.325 e. The third-order valence-electron chi connectivity index (χ3n) is 6.13. The molecule has 2 aromatic rings. The Morgan fingerprint density at radius 2 is 1.79 bits per heavy atom. The van der Waals surface area contributed by atoms with Crippen molar-refractivity contribution in [1.29, 1.82) is 0 Å². The lowest BCUT2D eigenvalue weighted by Gasteiger charge is -2.26. The van der Waals surface area contributed by atoms with E-state index in [0.717, 1.165) is 17.0 Å². The maximum absolute atomic E-state index is 13.2. The van der Waals surface area contributed by atoms with E-state index in [2.05, 4.69) is 10.6 Å². The number of urea groups is 1. The van der Waals surface area contributed by atoms with E-state index in [0.29, 0.717) is 36.4 Å². The Balaban J connectivity index is 1.43. The van der Waals surface area contributed by atoms with Gasteiger partial charge in [0.1, 0.15) is 17.8 Å². The molecule has 2 saturated heterocycles. The Kier molecular flexibility index (Phi) is 6.04. The summed E-state index contributed by atoms with van der Waals surface area (Å²) in [7, 11) is 1.55. The van der Waals surface area contributed by atoms with Crippen molar-refractivity contribution in [2.24, 2.45) is 0 Å². The highest BCUT2D eigenvalue weighted by atomic mass is 16.5. The summed E-state index contributed by atoms with van der Waals surface area (Å²) in [6, 6.07) is 13.2. The number of imide groups is 1. The van der Waals surface area contributed by atoms with Crippen LogP contribution >= 0.6 is 0 Å². The zero-order valence-corrected chi connectivity index (χ0v) is 18.6. The van der Waals surface area contributed by atoms with Crippen LogP contribution in [0.15, 0.2) is 48.5 Å². The van der Waals surface area contributed by atoms with Crippen LogP contribution in [-0.2, 0) is 19.9 Å². The SMILES string of the molecule is CC[C@@]1(c2ccc(OC)cc2)NC(=O)N(CC(=O)Nc2ccc(N3CCCC3=O)cc2)C1=O. The van der Waals surface area contributed by atoms with Crippen molar-refractivity contribution in [3.8, 4) is 5.75 Å². The molecule has 9 heteroatoms.